The fourth-order valence-electron chi connectivity index (χ4n) is 1.54. The molecule has 0 fully saturated rings. The topological polar surface area (TPSA) is 109 Å². The predicted molar refractivity (Wildman–Crippen MR) is 78.0 cm³/mol. The maximum atomic E-state index is 11.8. The number of benzene rings is 1. The average molecular weight is 304 g/mol. The van der Waals surface area contributed by atoms with Crippen molar-refractivity contribution in [2.24, 2.45) is 0 Å². The van der Waals surface area contributed by atoms with Gasteiger partial charge in [-0.25, -0.2) is 4.79 Å². The summed E-state index contributed by atoms with van der Waals surface area (Å²) in [5, 5.41) is 20.2. The lowest BCUT2D eigenvalue weighted by atomic mass is 10.1. The number of nitriles is 1. The van der Waals surface area contributed by atoms with Crippen molar-refractivity contribution >= 4 is 18.0 Å². The zero-order valence-electron chi connectivity index (χ0n) is 12.0. The van der Waals surface area contributed by atoms with Crippen LogP contribution in [-0.2, 0) is 14.3 Å². The van der Waals surface area contributed by atoms with Crippen LogP contribution in [0.1, 0.15) is 5.56 Å². The summed E-state index contributed by atoms with van der Waals surface area (Å²) in [5.41, 5.74) is 0.338. The molecule has 0 saturated carbocycles. The number of hydrogen-bond donors (Lipinski definition) is 2. The van der Waals surface area contributed by atoms with Crippen LogP contribution in [0.25, 0.3) is 6.08 Å². The third-order valence-electron chi connectivity index (χ3n) is 2.53. The minimum Gasteiger partial charge on any atom is -0.481 e. The highest BCUT2D eigenvalue weighted by atomic mass is 16.5. The molecule has 22 heavy (non-hydrogen) atoms. The quantitative estimate of drug-likeness (QED) is 0.418. The van der Waals surface area contributed by atoms with E-state index in [-0.39, 0.29) is 17.9 Å². The number of carboxylic acid groups (broad SMARTS) is 1. The lowest BCUT2D eigenvalue weighted by Gasteiger charge is -2.07. The van der Waals surface area contributed by atoms with Crippen molar-refractivity contribution in [2.75, 3.05) is 26.9 Å². The van der Waals surface area contributed by atoms with Gasteiger partial charge in [0.2, 0.25) is 0 Å². The first-order valence-corrected chi connectivity index (χ1v) is 6.41. The second-order valence-corrected chi connectivity index (χ2v) is 4.14. The van der Waals surface area contributed by atoms with E-state index in [0.717, 1.165) is 0 Å². The van der Waals surface area contributed by atoms with Gasteiger partial charge in [-0.1, -0.05) is 18.2 Å². The first-order valence-electron chi connectivity index (χ1n) is 6.41. The molecule has 0 radical (unpaired) electrons. The van der Waals surface area contributed by atoms with Gasteiger partial charge in [-0.05, 0) is 12.1 Å². The molecular weight excluding hydrogens is 288 g/mol. The smallest absolute Gasteiger partial charge is 0.341 e. The van der Waals surface area contributed by atoms with E-state index < -0.39 is 18.5 Å². The molecule has 7 heteroatoms. The molecule has 0 saturated heterocycles. The van der Waals surface area contributed by atoms with Crippen molar-refractivity contribution in [1.82, 2.24) is 5.32 Å². The number of amides is 1. The third kappa shape index (κ3) is 5.64. The Kier molecular flexibility index (Phi) is 7.16. The highest BCUT2D eigenvalue weighted by Gasteiger charge is 2.10. The SMILES string of the molecule is COCCNC(=O)/C(C#N)=C/c1ccccc1OCC(=O)O. The van der Waals surface area contributed by atoms with Crippen LogP contribution in [0.4, 0.5) is 0 Å². The Labute approximate surface area is 127 Å². The minimum atomic E-state index is -1.11. The number of ether oxygens (including phenoxy) is 2. The molecule has 2 N–H and O–H groups in total. The van der Waals surface area contributed by atoms with Crippen molar-refractivity contribution < 1.29 is 24.2 Å². The van der Waals surface area contributed by atoms with Gasteiger partial charge in [0.15, 0.2) is 6.61 Å². The van der Waals surface area contributed by atoms with Crippen LogP contribution in [0, 0.1) is 11.3 Å². The molecule has 7 nitrogen and oxygen atoms in total. The second kappa shape index (κ2) is 9.15. The van der Waals surface area contributed by atoms with Gasteiger partial charge in [0.1, 0.15) is 17.4 Å². The summed E-state index contributed by atoms with van der Waals surface area (Å²) in [6, 6.07) is 8.35. The van der Waals surface area contributed by atoms with Crippen LogP contribution < -0.4 is 10.1 Å². The monoisotopic (exact) mass is 304 g/mol. The Hall–Kier alpha value is -2.85. The highest BCUT2D eigenvalue weighted by Crippen LogP contribution is 2.21. The molecule has 0 atom stereocenters. The zero-order chi connectivity index (χ0) is 16.4. The van der Waals surface area contributed by atoms with Crippen molar-refractivity contribution in [3.8, 4) is 11.8 Å². The molecule has 0 unspecified atom stereocenters. The summed E-state index contributed by atoms with van der Waals surface area (Å²) < 4.78 is 9.92. The number of nitrogens with zero attached hydrogens (tertiary/aromatic N) is 1. The first-order chi connectivity index (χ1) is 10.6. The Bertz CT molecular complexity index is 604. The standard InChI is InChI=1S/C15H16N2O5/c1-21-7-6-17-15(20)12(9-16)8-11-4-2-3-5-13(11)22-10-14(18)19/h2-5,8H,6-7,10H2,1H3,(H,17,20)(H,18,19)/b12-8+. The van der Waals surface area contributed by atoms with Gasteiger partial charge in [-0.15, -0.1) is 0 Å². The summed E-state index contributed by atoms with van der Waals surface area (Å²) in [6.45, 7) is 0.112. The number of nitrogens with one attached hydrogen (secondary N) is 1. The molecule has 0 aliphatic carbocycles. The summed E-state index contributed by atoms with van der Waals surface area (Å²) >= 11 is 0. The largest absolute Gasteiger partial charge is 0.481 e. The average Bonchev–Trinajstić information content (AvgIpc) is 2.51. The minimum absolute atomic E-state index is 0.109. The Morgan fingerprint density at radius 2 is 2.14 bits per heavy atom. The predicted octanol–water partition coefficient (Wildman–Crippen LogP) is 0.820. The van der Waals surface area contributed by atoms with Crippen LogP contribution >= 0.6 is 0 Å². The number of carbonyl (C=O) groups is 2. The lowest BCUT2D eigenvalue weighted by Crippen LogP contribution is -2.27. The fourth-order valence-corrected chi connectivity index (χ4v) is 1.54. The van der Waals surface area contributed by atoms with Crippen molar-refractivity contribution in [1.29, 1.82) is 5.26 Å². The first kappa shape index (κ1) is 17.2. The number of carbonyl (C=O) groups excluding carboxylic acids is 1. The molecule has 116 valence electrons. The van der Waals surface area contributed by atoms with E-state index in [2.05, 4.69) is 5.32 Å². The normalized spacial score (nSPS) is 10.6. The summed E-state index contributed by atoms with van der Waals surface area (Å²) in [4.78, 5) is 22.4. The molecule has 0 bridgehead atoms. The maximum Gasteiger partial charge on any atom is 0.341 e. The van der Waals surface area contributed by atoms with E-state index in [4.69, 9.17) is 19.8 Å². The Morgan fingerprint density at radius 1 is 1.41 bits per heavy atom. The Balaban J connectivity index is 2.90. The van der Waals surface area contributed by atoms with Gasteiger partial charge < -0.3 is 19.9 Å². The highest BCUT2D eigenvalue weighted by molar-refractivity contribution is 6.01. The van der Waals surface area contributed by atoms with Crippen LogP contribution in [0.2, 0.25) is 0 Å². The molecule has 1 amide bonds. The number of hydrogen-bond acceptors (Lipinski definition) is 5. The number of rotatable bonds is 8. The van der Waals surface area contributed by atoms with Gasteiger partial charge in [0.25, 0.3) is 5.91 Å². The fraction of sp³-hybridized carbons (Fsp3) is 0.267. The molecule has 1 aromatic carbocycles. The van der Waals surface area contributed by atoms with E-state index in [9.17, 15) is 9.59 Å². The number of aliphatic carboxylic acids is 1. The van der Waals surface area contributed by atoms with Gasteiger partial charge in [-0.2, -0.15) is 5.26 Å². The molecule has 1 rings (SSSR count). The number of methoxy groups -OCH3 is 1. The van der Waals surface area contributed by atoms with Gasteiger partial charge >= 0.3 is 5.97 Å². The van der Waals surface area contributed by atoms with E-state index in [1.54, 1.807) is 30.3 Å². The van der Waals surface area contributed by atoms with Crippen LogP contribution in [0.15, 0.2) is 29.8 Å². The number of carboxylic acids is 1. The molecule has 0 aliphatic heterocycles. The van der Waals surface area contributed by atoms with Crippen LogP contribution in [0.3, 0.4) is 0 Å². The van der Waals surface area contributed by atoms with Gasteiger partial charge in [0.05, 0.1) is 6.61 Å². The zero-order valence-corrected chi connectivity index (χ0v) is 12.0. The van der Waals surface area contributed by atoms with E-state index >= 15 is 0 Å². The molecule has 0 heterocycles. The summed E-state index contributed by atoms with van der Waals surface area (Å²) in [7, 11) is 1.50. The summed E-state index contributed by atoms with van der Waals surface area (Å²) in [6.07, 6.45) is 1.35. The molecule has 1 aromatic rings. The van der Waals surface area contributed by atoms with Gasteiger partial charge in [0, 0.05) is 19.2 Å². The summed E-state index contributed by atoms with van der Waals surface area (Å²) in [5.74, 6) is -1.37. The van der Waals surface area contributed by atoms with E-state index in [0.29, 0.717) is 12.2 Å². The van der Waals surface area contributed by atoms with Crippen molar-refractivity contribution in [2.45, 2.75) is 0 Å². The van der Waals surface area contributed by atoms with Gasteiger partial charge in [-0.3, -0.25) is 4.79 Å². The molecular formula is C15H16N2O5. The van der Waals surface area contributed by atoms with Crippen molar-refractivity contribution in [3.63, 3.8) is 0 Å². The molecule has 0 aliphatic rings. The molecule has 0 aromatic heterocycles. The van der Waals surface area contributed by atoms with Crippen LogP contribution in [0.5, 0.6) is 5.75 Å². The Morgan fingerprint density at radius 3 is 2.77 bits per heavy atom. The third-order valence-corrected chi connectivity index (χ3v) is 2.53. The molecule has 0 spiro atoms. The van der Waals surface area contributed by atoms with Crippen molar-refractivity contribution in [3.05, 3.63) is 35.4 Å². The van der Waals surface area contributed by atoms with E-state index in [1.165, 1.54) is 13.2 Å². The second-order valence-electron chi connectivity index (χ2n) is 4.14. The van der Waals surface area contributed by atoms with Crippen LogP contribution in [-0.4, -0.2) is 43.9 Å². The lowest BCUT2D eigenvalue weighted by molar-refractivity contribution is -0.139. The number of para-hydroxylation sites is 1. The van der Waals surface area contributed by atoms with E-state index in [1.807, 2.05) is 0 Å². The maximum absolute atomic E-state index is 11.8.